The second-order valence-corrected chi connectivity index (χ2v) is 5.17. The van der Waals surface area contributed by atoms with E-state index in [1.54, 1.807) is 0 Å². The van der Waals surface area contributed by atoms with E-state index < -0.39 is 0 Å². The molecule has 0 N–H and O–H groups in total. The highest BCUT2D eigenvalue weighted by Crippen LogP contribution is 2.30. The molecule has 1 saturated heterocycles. The lowest BCUT2D eigenvalue weighted by molar-refractivity contribution is 0.943. The molecule has 0 aromatic carbocycles. The van der Waals surface area contributed by atoms with Crippen LogP contribution in [0, 0.1) is 6.92 Å². The van der Waals surface area contributed by atoms with Crippen LogP contribution in [0.2, 0.25) is 0 Å². The van der Waals surface area contributed by atoms with Crippen molar-refractivity contribution in [1.29, 1.82) is 0 Å². The largest absolute Gasteiger partial charge is 0.370 e. The molecule has 2 heterocycles. The fourth-order valence-corrected chi connectivity index (χ4v) is 2.51. The van der Waals surface area contributed by atoms with Crippen molar-refractivity contribution in [2.24, 2.45) is 0 Å². The van der Waals surface area contributed by atoms with E-state index in [9.17, 15) is 0 Å². The Labute approximate surface area is 101 Å². The molecule has 0 spiro atoms. The molecule has 14 heavy (non-hydrogen) atoms. The van der Waals surface area contributed by atoms with Crippen molar-refractivity contribution < 1.29 is 0 Å². The van der Waals surface area contributed by atoms with Crippen molar-refractivity contribution >= 4 is 37.5 Å². The van der Waals surface area contributed by atoms with Gasteiger partial charge < -0.3 is 4.90 Å². The molecule has 0 radical (unpaired) electrons. The Hall–Kier alpha value is -0.0900. The Bertz CT molecular complexity index is 346. The topological polar surface area (TPSA) is 16.1 Å². The van der Waals surface area contributed by atoms with Gasteiger partial charge in [0.25, 0.3) is 0 Å². The predicted molar refractivity (Wildman–Crippen MR) is 65.8 cm³/mol. The zero-order valence-electron chi connectivity index (χ0n) is 8.06. The number of aryl methyl sites for hydroxylation is 1. The smallest absolute Gasteiger partial charge is 0.120 e. The number of hydrogen-bond donors (Lipinski definition) is 0. The summed E-state index contributed by atoms with van der Waals surface area (Å²) in [4.78, 5) is 6.85. The van der Waals surface area contributed by atoms with Crippen LogP contribution < -0.4 is 4.90 Å². The van der Waals surface area contributed by atoms with Gasteiger partial charge in [-0.15, -0.1) is 0 Å². The third-order valence-corrected chi connectivity index (χ3v) is 4.28. The Kier molecular flexibility index (Phi) is 3.12. The lowest BCUT2D eigenvalue weighted by Gasteiger charge is -2.19. The van der Waals surface area contributed by atoms with Crippen LogP contribution in [0.5, 0.6) is 0 Å². The van der Waals surface area contributed by atoms with Crippen molar-refractivity contribution in [2.75, 3.05) is 18.0 Å². The maximum Gasteiger partial charge on any atom is 0.120 e. The van der Waals surface area contributed by atoms with E-state index in [2.05, 4.69) is 54.7 Å². The molecular formula is C10H12Br2N2. The standard InChI is InChI=1S/C10H12Br2N2/c1-7-9(14-4-2-3-5-14)6-8(11)10(12)13-7/h6H,2-5H2,1H3. The van der Waals surface area contributed by atoms with E-state index in [0.717, 1.165) is 27.9 Å². The lowest BCUT2D eigenvalue weighted by Crippen LogP contribution is -2.19. The number of nitrogens with zero attached hydrogens (tertiary/aromatic N) is 2. The first kappa shape index (κ1) is 10.4. The highest BCUT2D eigenvalue weighted by molar-refractivity contribution is 9.13. The van der Waals surface area contributed by atoms with Crippen LogP contribution >= 0.6 is 31.9 Å². The second kappa shape index (κ2) is 4.19. The molecule has 0 aliphatic carbocycles. The molecule has 0 bridgehead atoms. The Balaban J connectivity index is 2.37. The van der Waals surface area contributed by atoms with Gasteiger partial charge in [-0.1, -0.05) is 0 Å². The van der Waals surface area contributed by atoms with Gasteiger partial charge >= 0.3 is 0 Å². The monoisotopic (exact) mass is 318 g/mol. The summed E-state index contributed by atoms with van der Waals surface area (Å²) >= 11 is 6.90. The minimum atomic E-state index is 0.887. The van der Waals surface area contributed by atoms with Crippen LogP contribution in [-0.2, 0) is 0 Å². The van der Waals surface area contributed by atoms with Crippen LogP contribution in [0.1, 0.15) is 18.5 Å². The molecule has 0 saturated carbocycles. The van der Waals surface area contributed by atoms with Crippen molar-refractivity contribution in [3.63, 3.8) is 0 Å². The summed E-state index contributed by atoms with van der Waals surface area (Å²) in [5.74, 6) is 0. The van der Waals surface area contributed by atoms with E-state index in [-0.39, 0.29) is 0 Å². The summed E-state index contributed by atoms with van der Waals surface area (Å²) in [5.41, 5.74) is 2.36. The summed E-state index contributed by atoms with van der Waals surface area (Å²) in [7, 11) is 0. The average molecular weight is 320 g/mol. The Morgan fingerprint density at radius 2 is 1.93 bits per heavy atom. The number of anilines is 1. The minimum Gasteiger partial charge on any atom is -0.370 e. The molecule has 0 atom stereocenters. The molecular weight excluding hydrogens is 308 g/mol. The van der Waals surface area contributed by atoms with Gasteiger partial charge in [0.15, 0.2) is 0 Å². The van der Waals surface area contributed by atoms with Gasteiger partial charge in [0.05, 0.1) is 15.9 Å². The Morgan fingerprint density at radius 1 is 1.29 bits per heavy atom. The maximum absolute atomic E-state index is 4.45. The van der Waals surface area contributed by atoms with Crippen molar-refractivity contribution in [1.82, 2.24) is 4.98 Å². The third-order valence-electron chi connectivity index (χ3n) is 2.54. The normalized spacial score (nSPS) is 16.4. The molecule has 1 fully saturated rings. The number of hydrogen-bond acceptors (Lipinski definition) is 2. The predicted octanol–water partition coefficient (Wildman–Crippen LogP) is 3.52. The molecule has 4 heteroatoms. The highest BCUT2D eigenvalue weighted by Gasteiger charge is 2.16. The lowest BCUT2D eigenvalue weighted by atomic mass is 10.3. The quantitative estimate of drug-likeness (QED) is 0.736. The highest BCUT2D eigenvalue weighted by atomic mass is 79.9. The van der Waals surface area contributed by atoms with Crippen LogP contribution in [0.3, 0.4) is 0 Å². The van der Waals surface area contributed by atoms with E-state index in [1.807, 2.05) is 0 Å². The summed E-state index contributed by atoms with van der Waals surface area (Å²) in [6.07, 6.45) is 2.60. The van der Waals surface area contributed by atoms with E-state index in [1.165, 1.54) is 18.5 Å². The zero-order chi connectivity index (χ0) is 10.1. The minimum absolute atomic E-state index is 0.887. The molecule has 1 aliphatic heterocycles. The summed E-state index contributed by atoms with van der Waals surface area (Å²) < 4.78 is 1.92. The van der Waals surface area contributed by atoms with Crippen molar-refractivity contribution in [3.05, 3.63) is 20.8 Å². The van der Waals surface area contributed by atoms with Crippen LogP contribution in [0.15, 0.2) is 15.1 Å². The van der Waals surface area contributed by atoms with Gasteiger partial charge in [0.1, 0.15) is 4.60 Å². The third kappa shape index (κ3) is 1.96. The molecule has 0 amide bonds. The first-order valence-electron chi connectivity index (χ1n) is 4.76. The van der Waals surface area contributed by atoms with Crippen molar-refractivity contribution in [3.8, 4) is 0 Å². The van der Waals surface area contributed by atoms with Gasteiger partial charge in [-0.05, 0) is 57.7 Å². The Morgan fingerprint density at radius 3 is 2.57 bits per heavy atom. The van der Waals surface area contributed by atoms with Gasteiger partial charge in [0.2, 0.25) is 0 Å². The van der Waals surface area contributed by atoms with E-state index >= 15 is 0 Å². The summed E-state index contributed by atoms with van der Waals surface area (Å²) in [6, 6.07) is 2.15. The maximum atomic E-state index is 4.45. The number of rotatable bonds is 1. The van der Waals surface area contributed by atoms with Crippen LogP contribution in [0.4, 0.5) is 5.69 Å². The summed E-state index contributed by atoms with van der Waals surface area (Å²) in [5, 5.41) is 0. The summed E-state index contributed by atoms with van der Waals surface area (Å²) in [6.45, 7) is 4.39. The van der Waals surface area contributed by atoms with E-state index in [4.69, 9.17) is 0 Å². The number of pyridine rings is 1. The fourth-order valence-electron chi connectivity index (χ4n) is 1.82. The first-order chi connectivity index (χ1) is 6.68. The van der Waals surface area contributed by atoms with Gasteiger partial charge in [-0.2, -0.15) is 0 Å². The molecule has 1 aromatic rings. The molecule has 76 valence electrons. The van der Waals surface area contributed by atoms with Crippen molar-refractivity contribution in [2.45, 2.75) is 19.8 Å². The molecule has 1 aliphatic rings. The molecule has 2 rings (SSSR count). The van der Waals surface area contributed by atoms with Crippen LogP contribution in [0.25, 0.3) is 0 Å². The van der Waals surface area contributed by atoms with Gasteiger partial charge in [-0.25, -0.2) is 4.98 Å². The van der Waals surface area contributed by atoms with Gasteiger partial charge in [0, 0.05) is 13.1 Å². The zero-order valence-corrected chi connectivity index (χ0v) is 11.2. The van der Waals surface area contributed by atoms with Gasteiger partial charge in [-0.3, -0.25) is 0 Å². The fraction of sp³-hybridized carbons (Fsp3) is 0.500. The number of aromatic nitrogens is 1. The first-order valence-corrected chi connectivity index (χ1v) is 6.34. The number of halogens is 2. The second-order valence-electron chi connectivity index (χ2n) is 3.56. The van der Waals surface area contributed by atoms with Crippen LogP contribution in [-0.4, -0.2) is 18.1 Å². The molecule has 2 nitrogen and oxygen atoms in total. The SMILES string of the molecule is Cc1nc(Br)c(Br)cc1N1CCCC1. The molecule has 1 aromatic heterocycles. The van der Waals surface area contributed by atoms with E-state index in [0.29, 0.717) is 0 Å². The molecule has 0 unspecified atom stereocenters. The average Bonchev–Trinajstić information content (AvgIpc) is 2.64.